The van der Waals surface area contributed by atoms with Crippen molar-refractivity contribution in [2.24, 2.45) is 0 Å². The van der Waals surface area contributed by atoms with Gasteiger partial charge in [-0.15, -0.1) is 0 Å². The molecule has 0 saturated carbocycles. The minimum Gasteiger partial charge on any atom is -0.379 e. The predicted octanol–water partition coefficient (Wildman–Crippen LogP) is 2.33. The van der Waals surface area contributed by atoms with E-state index in [0.717, 1.165) is 31.9 Å². The number of rotatable bonds is 2. The van der Waals surface area contributed by atoms with Crippen LogP contribution in [0, 0.1) is 0 Å². The highest BCUT2D eigenvalue weighted by molar-refractivity contribution is 6.32. The zero-order valence-corrected chi connectivity index (χ0v) is 8.63. The Hall–Kier alpha value is -0.800. The van der Waals surface area contributed by atoms with Gasteiger partial charge in [-0.3, -0.25) is 0 Å². The molecule has 0 amide bonds. The van der Waals surface area contributed by atoms with Crippen LogP contribution in [0.1, 0.15) is 12.8 Å². The van der Waals surface area contributed by atoms with Gasteiger partial charge in [0.15, 0.2) is 0 Å². The highest BCUT2D eigenvalue weighted by Crippen LogP contribution is 2.20. The van der Waals surface area contributed by atoms with Crippen LogP contribution in [0.4, 0.5) is 5.82 Å². The van der Waals surface area contributed by atoms with E-state index < -0.39 is 0 Å². The largest absolute Gasteiger partial charge is 0.379 e. The molecule has 1 aromatic rings. The van der Waals surface area contributed by atoms with Crippen molar-refractivity contribution in [2.45, 2.75) is 18.9 Å². The maximum Gasteiger partial charge on any atom is 0.145 e. The first-order chi connectivity index (χ1) is 6.86. The van der Waals surface area contributed by atoms with Crippen LogP contribution >= 0.6 is 11.6 Å². The zero-order chi connectivity index (χ0) is 9.80. The number of hydrogen-bond acceptors (Lipinski definition) is 3. The molecule has 1 aliphatic rings. The molecule has 1 aliphatic heterocycles. The molecular formula is C10H13ClN2O. The van der Waals surface area contributed by atoms with Gasteiger partial charge in [-0.1, -0.05) is 11.6 Å². The summed E-state index contributed by atoms with van der Waals surface area (Å²) in [5.74, 6) is 0.754. The Bertz CT molecular complexity index is 300. The van der Waals surface area contributed by atoms with Crippen molar-refractivity contribution in [3.05, 3.63) is 23.4 Å². The molecule has 0 aliphatic carbocycles. The molecule has 76 valence electrons. The van der Waals surface area contributed by atoms with Gasteiger partial charge in [-0.05, 0) is 25.0 Å². The Balaban J connectivity index is 1.99. The number of halogens is 1. The first-order valence-electron chi connectivity index (χ1n) is 4.81. The predicted molar refractivity (Wildman–Crippen MR) is 56.7 cm³/mol. The van der Waals surface area contributed by atoms with E-state index in [2.05, 4.69) is 10.3 Å². The normalized spacial score (nSPS) is 21.9. The maximum absolute atomic E-state index is 5.98. The van der Waals surface area contributed by atoms with Crippen LogP contribution < -0.4 is 5.32 Å². The lowest BCUT2D eigenvalue weighted by molar-refractivity contribution is 0.0875. The van der Waals surface area contributed by atoms with Crippen molar-refractivity contribution in [2.75, 3.05) is 18.5 Å². The fourth-order valence-electron chi connectivity index (χ4n) is 1.54. The third kappa shape index (κ3) is 2.36. The van der Waals surface area contributed by atoms with Gasteiger partial charge in [0.25, 0.3) is 0 Å². The molecule has 14 heavy (non-hydrogen) atoms. The van der Waals surface area contributed by atoms with E-state index in [1.165, 1.54) is 0 Å². The number of nitrogens with one attached hydrogen (secondary N) is 1. The highest BCUT2D eigenvalue weighted by Gasteiger charge is 2.14. The third-order valence-corrected chi connectivity index (χ3v) is 2.56. The number of ether oxygens (including phenoxy) is 1. The summed E-state index contributed by atoms with van der Waals surface area (Å²) in [5, 5.41) is 3.95. The summed E-state index contributed by atoms with van der Waals surface area (Å²) in [6.45, 7) is 1.61. The summed E-state index contributed by atoms with van der Waals surface area (Å²) in [4.78, 5) is 4.17. The molecule has 2 rings (SSSR count). The summed E-state index contributed by atoms with van der Waals surface area (Å²) in [7, 11) is 0. The SMILES string of the molecule is Clc1cccnc1NC1CCCOC1. The molecule has 0 radical (unpaired) electrons. The number of nitrogens with zero attached hydrogens (tertiary/aromatic N) is 1. The minimum atomic E-state index is 0.344. The summed E-state index contributed by atoms with van der Waals surface area (Å²) >= 11 is 5.98. The molecule has 1 fully saturated rings. The maximum atomic E-state index is 5.98. The first-order valence-corrected chi connectivity index (χ1v) is 5.19. The standard InChI is InChI=1S/C10H13ClN2O/c11-9-4-1-5-12-10(9)13-8-3-2-6-14-7-8/h1,4-5,8H,2-3,6-7H2,(H,12,13). The topological polar surface area (TPSA) is 34.2 Å². The van der Waals surface area contributed by atoms with Crippen molar-refractivity contribution in [3.63, 3.8) is 0 Å². The molecule has 1 N–H and O–H groups in total. The second-order valence-electron chi connectivity index (χ2n) is 3.39. The average Bonchev–Trinajstić information content (AvgIpc) is 2.23. The van der Waals surface area contributed by atoms with E-state index in [9.17, 15) is 0 Å². The van der Waals surface area contributed by atoms with E-state index in [1.807, 2.05) is 12.1 Å². The van der Waals surface area contributed by atoms with E-state index >= 15 is 0 Å². The summed E-state index contributed by atoms with van der Waals surface area (Å²) in [5.41, 5.74) is 0. The van der Waals surface area contributed by atoms with Crippen LogP contribution in [-0.4, -0.2) is 24.2 Å². The second-order valence-corrected chi connectivity index (χ2v) is 3.80. The van der Waals surface area contributed by atoms with Crippen molar-refractivity contribution in [1.82, 2.24) is 4.98 Å². The first kappa shape index (κ1) is 9.74. The number of anilines is 1. The third-order valence-electron chi connectivity index (χ3n) is 2.26. The van der Waals surface area contributed by atoms with Crippen molar-refractivity contribution < 1.29 is 4.74 Å². The van der Waals surface area contributed by atoms with Gasteiger partial charge in [0.2, 0.25) is 0 Å². The van der Waals surface area contributed by atoms with Crippen LogP contribution in [0.25, 0.3) is 0 Å². The molecule has 1 saturated heterocycles. The van der Waals surface area contributed by atoms with Gasteiger partial charge in [0.05, 0.1) is 17.7 Å². The van der Waals surface area contributed by atoms with Gasteiger partial charge in [-0.25, -0.2) is 4.98 Å². The smallest absolute Gasteiger partial charge is 0.145 e. The monoisotopic (exact) mass is 212 g/mol. The number of pyridine rings is 1. The Morgan fingerprint density at radius 3 is 3.21 bits per heavy atom. The molecule has 0 aromatic carbocycles. The number of hydrogen-bond donors (Lipinski definition) is 1. The minimum absolute atomic E-state index is 0.344. The highest BCUT2D eigenvalue weighted by atomic mass is 35.5. The van der Waals surface area contributed by atoms with Crippen molar-refractivity contribution in [1.29, 1.82) is 0 Å². The summed E-state index contributed by atoms with van der Waals surface area (Å²) in [6.07, 6.45) is 3.95. The van der Waals surface area contributed by atoms with Crippen LogP contribution in [0.5, 0.6) is 0 Å². The quantitative estimate of drug-likeness (QED) is 0.817. The van der Waals surface area contributed by atoms with Crippen LogP contribution in [0.15, 0.2) is 18.3 Å². The summed E-state index contributed by atoms with van der Waals surface area (Å²) in [6, 6.07) is 4.00. The van der Waals surface area contributed by atoms with Gasteiger partial charge < -0.3 is 10.1 Å². The van der Waals surface area contributed by atoms with Crippen LogP contribution in [0.3, 0.4) is 0 Å². The second kappa shape index (κ2) is 4.62. The number of aromatic nitrogens is 1. The van der Waals surface area contributed by atoms with Crippen LogP contribution in [0.2, 0.25) is 5.02 Å². The Kier molecular flexibility index (Phi) is 3.22. The molecule has 0 spiro atoms. The van der Waals surface area contributed by atoms with E-state index in [4.69, 9.17) is 16.3 Å². The lowest BCUT2D eigenvalue weighted by Gasteiger charge is -2.23. The Labute approximate surface area is 88.4 Å². The summed E-state index contributed by atoms with van der Waals surface area (Å²) < 4.78 is 5.36. The molecular weight excluding hydrogens is 200 g/mol. The van der Waals surface area contributed by atoms with Gasteiger partial charge >= 0.3 is 0 Å². The van der Waals surface area contributed by atoms with E-state index in [1.54, 1.807) is 6.20 Å². The zero-order valence-electron chi connectivity index (χ0n) is 7.87. The molecule has 4 heteroatoms. The van der Waals surface area contributed by atoms with E-state index in [0.29, 0.717) is 11.1 Å². The molecule has 1 aromatic heterocycles. The molecule has 2 heterocycles. The van der Waals surface area contributed by atoms with Crippen LogP contribution in [-0.2, 0) is 4.74 Å². The molecule has 3 nitrogen and oxygen atoms in total. The average molecular weight is 213 g/mol. The van der Waals surface area contributed by atoms with Gasteiger partial charge in [0, 0.05) is 12.8 Å². The molecule has 1 atom stereocenters. The van der Waals surface area contributed by atoms with Gasteiger partial charge in [0.1, 0.15) is 5.82 Å². The lowest BCUT2D eigenvalue weighted by Crippen LogP contribution is -2.30. The van der Waals surface area contributed by atoms with Crippen molar-refractivity contribution >= 4 is 17.4 Å². The Morgan fingerprint density at radius 1 is 1.57 bits per heavy atom. The molecule has 1 unspecified atom stereocenters. The fourth-order valence-corrected chi connectivity index (χ4v) is 1.72. The Morgan fingerprint density at radius 2 is 2.50 bits per heavy atom. The van der Waals surface area contributed by atoms with Crippen molar-refractivity contribution in [3.8, 4) is 0 Å². The molecule has 0 bridgehead atoms. The van der Waals surface area contributed by atoms with E-state index in [-0.39, 0.29) is 0 Å². The van der Waals surface area contributed by atoms with Gasteiger partial charge in [-0.2, -0.15) is 0 Å². The lowest BCUT2D eigenvalue weighted by atomic mass is 10.1. The fraction of sp³-hybridized carbons (Fsp3) is 0.500.